The molecule has 0 unspecified atom stereocenters. The fourth-order valence-electron chi connectivity index (χ4n) is 2.34. The summed E-state index contributed by atoms with van der Waals surface area (Å²) in [6, 6.07) is 6.08. The lowest BCUT2D eigenvalue weighted by Crippen LogP contribution is -2.12. The highest BCUT2D eigenvalue weighted by Crippen LogP contribution is 2.29. The SMILES string of the molecule is CCCn1cc(-c2cc(Cl)ccc2CNCC)c(C)n1. The van der Waals surface area contributed by atoms with Crippen molar-refractivity contribution in [1.82, 2.24) is 15.1 Å². The lowest BCUT2D eigenvalue weighted by Gasteiger charge is -2.10. The van der Waals surface area contributed by atoms with Crippen LogP contribution < -0.4 is 5.32 Å². The van der Waals surface area contributed by atoms with Gasteiger partial charge in [0.1, 0.15) is 0 Å². The van der Waals surface area contributed by atoms with Gasteiger partial charge in [-0.2, -0.15) is 5.10 Å². The Hall–Kier alpha value is -1.32. The maximum Gasteiger partial charge on any atom is 0.0672 e. The minimum atomic E-state index is 0.767. The second-order valence-electron chi connectivity index (χ2n) is 4.97. The molecular weight excluding hydrogens is 270 g/mol. The van der Waals surface area contributed by atoms with Crippen molar-refractivity contribution < 1.29 is 0 Å². The summed E-state index contributed by atoms with van der Waals surface area (Å²) in [4.78, 5) is 0. The van der Waals surface area contributed by atoms with Gasteiger partial charge in [-0.15, -0.1) is 0 Å². The van der Waals surface area contributed by atoms with Crippen molar-refractivity contribution in [2.75, 3.05) is 6.54 Å². The Morgan fingerprint density at radius 1 is 1.25 bits per heavy atom. The lowest BCUT2D eigenvalue weighted by molar-refractivity contribution is 0.598. The van der Waals surface area contributed by atoms with E-state index in [2.05, 4.69) is 43.4 Å². The molecule has 2 aromatic rings. The Bertz CT molecular complexity index is 575. The van der Waals surface area contributed by atoms with E-state index in [9.17, 15) is 0 Å². The van der Waals surface area contributed by atoms with Crippen molar-refractivity contribution in [2.24, 2.45) is 0 Å². The first-order chi connectivity index (χ1) is 9.65. The molecule has 1 heterocycles. The summed E-state index contributed by atoms with van der Waals surface area (Å²) < 4.78 is 2.02. The van der Waals surface area contributed by atoms with Crippen molar-refractivity contribution in [3.05, 3.63) is 40.7 Å². The summed E-state index contributed by atoms with van der Waals surface area (Å²) >= 11 is 6.17. The molecule has 0 aliphatic heterocycles. The molecule has 0 atom stereocenters. The molecule has 4 heteroatoms. The molecule has 0 aliphatic rings. The molecule has 20 heavy (non-hydrogen) atoms. The number of halogens is 1. The lowest BCUT2D eigenvalue weighted by atomic mass is 10.0. The molecule has 1 aromatic carbocycles. The molecule has 0 fully saturated rings. The van der Waals surface area contributed by atoms with Gasteiger partial charge in [0, 0.05) is 29.9 Å². The number of nitrogens with zero attached hydrogens (tertiary/aromatic N) is 2. The zero-order valence-corrected chi connectivity index (χ0v) is 13.2. The summed E-state index contributed by atoms with van der Waals surface area (Å²) in [5.41, 5.74) is 4.67. The van der Waals surface area contributed by atoms with E-state index < -0.39 is 0 Å². The number of aryl methyl sites for hydroxylation is 2. The third-order valence-electron chi connectivity index (χ3n) is 3.33. The van der Waals surface area contributed by atoms with Crippen molar-refractivity contribution in [2.45, 2.75) is 40.3 Å². The normalized spacial score (nSPS) is 11.0. The van der Waals surface area contributed by atoms with E-state index in [0.717, 1.165) is 36.8 Å². The predicted molar refractivity (Wildman–Crippen MR) is 85.1 cm³/mol. The van der Waals surface area contributed by atoms with E-state index >= 15 is 0 Å². The molecule has 1 N–H and O–H groups in total. The van der Waals surface area contributed by atoms with Crippen molar-refractivity contribution >= 4 is 11.6 Å². The zero-order chi connectivity index (χ0) is 14.5. The van der Waals surface area contributed by atoms with E-state index in [0.29, 0.717) is 0 Å². The van der Waals surface area contributed by atoms with Gasteiger partial charge >= 0.3 is 0 Å². The van der Waals surface area contributed by atoms with Crippen LogP contribution in [-0.4, -0.2) is 16.3 Å². The maximum atomic E-state index is 6.17. The van der Waals surface area contributed by atoms with Crippen LogP contribution in [-0.2, 0) is 13.1 Å². The Morgan fingerprint density at radius 2 is 2.05 bits per heavy atom. The quantitative estimate of drug-likeness (QED) is 0.871. The highest BCUT2D eigenvalue weighted by Gasteiger charge is 2.12. The molecule has 3 nitrogen and oxygen atoms in total. The topological polar surface area (TPSA) is 29.9 Å². The molecule has 2 rings (SSSR count). The van der Waals surface area contributed by atoms with Gasteiger partial charge in [0.2, 0.25) is 0 Å². The van der Waals surface area contributed by atoms with Gasteiger partial charge < -0.3 is 5.32 Å². The van der Waals surface area contributed by atoms with Crippen molar-refractivity contribution in [1.29, 1.82) is 0 Å². The summed E-state index contributed by atoms with van der Waals surface area (Å²) in [6.07, 6.45) is 3.21. The largest absolute Gasteiger partial charge is 0.313 e. The van der Waals surface area contributed by atoms with Crippen LogP contribution in [0.3, 0.4) is 0 Å². The molecule has 1 aromatic heterocycles. The third-order valence-corrected chi connectivity index (χ3v) is 3.56. The molecule has 0 amide bonds. The van der Waals surface area contributed by atoms with Gasteiger partial charge in [-0.3, -0.25) is 4.68 Å². The Kier molecular flexibility index (Phi) is 5.21. The number of rotatable bonds is 6. The van der Waals surface area contributed by atoms with Crippen LogP contribution in [0.15, 0.2) is 24.4 Å². The second-order valence-corrected chi connectivity index (χ2v) is 5.41. The van der Waals surface area contributed by atoms with Gasteiger partial charge in [0.15, 0.2) is 0 Å². The third kappa shape index (κ3) is 3.41. The molecular formula is C16H22ClN3. The number of aromatic nitrogens is 2. The fourth-order valence-corrected chi connectivity index (χ4v) is 2.51. The monoisotopic (exact) mass is 291 g/mol. The van der Waals surface area contributed by atoms with Gasteiger partial charge in [0.25, 0.3) is 0 Å². The number of hydrogen-bond donors (Lipinski definition) is 1. The summed E-state index contributed by atoms with van der Waals surface area (Å²) in [7, 11) is 0. The smallest absolute Gasteiger partial charge is 0.0672 e. The average molecular weight is 292 g/mol. The van der Waals surface area contributed by atoms with Gasteiger partial charge in [-0.1, -0.05) is 31.5 Å². The predicted octanol–water partition coefficient (Wildman–Crippen LogP) is 4.03. The van der Waals surface area contributed by atoms with E-state index in [1.54, 1.807) is 0 Å². The first kappa shape index (κ1) is 15.1. The van der Waals surface area contributed by atoms with E-state index in [1.807, 2.05) is 16.8 Å². The molecule has 0 saturated heterocycles. The summed E-state index contributed by atoms with van der Waals surface area (Å²) in [6.45, 7) is 9.08. The first-order valence-corrected chi connectivity index (χ1v) is 7.57. The van der Waals surface area contributed by atoms with Crippen LogP contribution in [0.25, 0.3) is 11.1 Å². The van der Waals surface area contributed by atoms with Crippen LogP contribution in [0.5, 0.6) is 0 Å². The van der Waals surface area contributed by atoms with Gasteiger partial charge in [0.05, 0.1) is 5.69 Å². The number of benzene rings is 1. The van der Waals surface area contributed by atoms with Crippen LogP contribution >= 0.6 is 11.6 Å². The minimum Gasteiger partial charge on any atom is -0.313 e. The van der Waals surface area contributed by atoms with Gasteiger partial charge in [-0.25, -0.2) is 0 Å². The minimum absolute atomic E-state index is 0.767. The standard InChI is InChI=1S/C16H22ClN3/c1-4-8-20-11-16(12(3)19-20)15-9-14(17)7-6-13(15)10-18-5-2/h6-7,9,11,18H,4-5,8,10H2,1-3H3. The van der Waals surface area contributed by atoms with Gasteiger partial charge in [-0.05, 0) is 43.1 Å². The molecule has 0 saturated carbocycles. The molecule has 108 valence electrons. The number of nitrogens with one attached hydrogen (secondary N) is 1. The fraction of sp³-hybridized carbons (Fsp3) is 0.438. The average Bonchev–Trinajstić information content (AvgIpc) is 2.78. The van der Waals surface area contributed by atoms with E-state index in [1.165, 1.54) is 16.7 Å². The van der Waals surface area contributed by atoms with Crippen LogP contribution in [0.4, 0.5) is 0 Å². The highest BCUT2D eigenvalue weighted by molar-refractivity contribution is 6.30. The number of hydrogen-bond acceptors (Lipinski definition) is 2. The Morgan fingerprint density at radius 3 is 2.75 bits per heavy atom. The maximum absolute atomic E-state index is 6.17. The highest BCUT2D eigenvalue weighted by atomic mass is 35.5. The van der Waals surface area contributed by atoms with Crippen LogP contribution in [0.1, 0.15) is 31.5 Å². The summed E-state index contributed by atoms with van der Waals surface area (Å²) in [5, 5.41) is 8.72. The molecule has 0 aliphatic carbocycles. The van der Waals surface area contributed by atoms with Crippen molar-refractivity contribution in [3.63, 3.8) is 0 Å². The van der Waals surface area contributed by atoms with Crippen molar-refractivity contribution in [3.8, 4) is 11.1 Å². The Balaban J connectivity index is 2.41. The summed E-state index contributed by atoms with van der Waals surface area (Å²) in [5.74, 6) is 0. The van der Waals surface area contributed by atoms with E-state index in [-0.39, 0.29) is 0 Å². The molecule has 0 bridgehead atoms. The first-order valence-electron chi connectivity index (χ1n) is 7.19. The van der Waals surface area contributed by atoms with Crippen LogP contribution in [0, 0.1) is 6.92 Å². The second kappa shape index (κ2) is 6.91. The van der Waals surface area contributed by atoms with Crippen LogP contribution in [0.2, 0.25) is 5.02 Å². The molecule has 0 spiro atoms. The van der Waals surface area contributed by atoms with E-state index in [4.69, 9.17) is 11.6 Å². The molecule has 0 radical (unpaired) electrons. The zero-order valence-electron chi connectivity index (χ0n) is 12.4. The Labute approximate surface area is 126 Å².